The molecule has 0 bridgehead atoms. The summed E-state index contributed by atoms with van der Waals surface area (Å²) >= 11 is 0. The molecule has 1 aromatic heterocycles. The first-order valence-corrected chi connectivity index (χ1v) is 14.1. The molecule has 1 aromatic carbocycles. The number of rotatable bonds is 7. The van der Waals surface area contributed by atoms with Crippen molar-refractivity contribution >= 4 is 28.6 Å². The van der Waals surface area contributed by atoms with Crippen molar-refractivity contribution in [1.29, 1.82) is 0 Å². The first kappa shape index (κ1) is 31.5. The maximum absolute atomic E-state index is 13.8. The fraction of sp³-hybridized carbons (Fsp3) is 0.600. The number of likely N-dealkylation sites (tertiary alicyclic amines) is 1. The summed E-state index contributed by atoms with van der Waals surface area (Å²) in [5.41, 5.74) is 7.64. The Kier molecular flexibility index (Phi) is 8.03. The zero-order valence-electron chi connectivity index (χ0n) is 25.0. The number of halogens is 3. The van der Waals surface area contributed by atoms with Gasteiger partial charge in [0.1, 0.15) is 12.1 Å². The summed E-state index contributed by atoms with van der Waals surface area (Å²) in [6.45, 7) is 12.7. The number of aryl methyl sites for hydroxylation is 2. The molecule has 3 amide bonds. The Morgan fingerprint density at radius 3 is 2.29 bits per heavy atom. The van der Waals surface area contributed by atoms with Gasteiger partial charge in [0.25, 0.3) is 5.56 Å². The third kappa shape index (κ3) is 5.91. The van der Waals surface area contributed by atoms with E-state index in [1.807, 2.05) is 45.1 Å². The Labute approximate surface area is 242 Å². The Morgan fingerprint density at radius 1 is 1.10 bits per heavy atom. The average molecular weight is 592 g/mol. The van der Waals surface area contributed by atoms with Crippen LogP contribution < -0.4 is 21.9 Å². The molecule has 1 aliphatic carbocycles. The number of nitrogens with two attached hydrogens (primary N) is 1. The molecule has 4 rings (SSSR count). The largest absolute Gasteiger partial charge is 0.471 e. The number of aromatic nitrogens is 1. The van der Waals surface area contributed by atoms with Crippen molar-refractivity contribution < 1.29 is 27.6 Å². The minimum Gasteiger partial charge on any atom is -0.350 e. The van der Waals surface area contributed by atoms with Crippen LogP contribution in [0.5, 0.6) is 0 Å². The molecule has 42 heavy (non-hydrogen) atoms. The molecule has 1 unspecified atom stereocenters. The lowest BCUT2D eigenvalue weighted by atomic mass is 9.85. The minimum absolute atomic E-state index is 0.0144. The van der Waals surface area contributed by atoms with Crippen molar-refractivity contribution in [3.8, 4) is 0 Å². The number of aromatic amines is 1. The summed E-state index contributed by atoms with van der Waals surface area (Å²) < 4.78 is 39.3. The predicted molar refractivity (Wildman–Crippen MR) is 152 cm³/mol. The molecule has 9 nitrogen and oxygen atoms in total. The zero-order valence-corrected chi connectivity index (χ0v) is 25.0. The van der Waals surface area contributed by atoms with Crippen LogP contribution in [0.4, 0.5) is 13.2 Å². The van der Waals surface area contributed by atoms with E-state index in [2.05, 4.69) is 10.3 Å². The lowest BCUT2D eigenvalue weighted by Crippen LogP contribution is -2.61. The molecule has 2 aliphatic rings. The molecule has 2 aromatic rings. The van der Waals surface area contributed by atoms with Gasteiger partial charge >= 0.3 is 12.1 Å². The fourth-order valence-corrected chi connectivity index (χ4v) is 6.26. The second-order valence-corrected chi connectivity index (χ2v) is 13.5. The lowest BCUT2D eigenvalue weighted by Gasteiger charge is -2.38. The van der Waals surface area contributed by atoms with Crippen LogP contribution in [0.1, 0.15) is 51.3 Å². The second kappa shape index (κ2) is 10.7. The first-order valence-electron chi connectivity index (χ1n) is 14.1. The van der Waals surface area contributed by atoms with Crippen LogP contribution in [-0.2, 0) is 20.8 Å². The molecule has 5 N–H and O–H groups in total. The molecule has 12 heteroatoms. The lowest BCUT2D eigenvalue weighted by molar-refractivity contribution is -0.176. The number of alkyl halides is 3. The van der Waals surface area contributed by atoms with Gasteiger partial charge in [-0.1, -0.05) is 34.6 Å². The fourth-order valence-electron chi connectivity index (χ4n) is 6.26. The quantitative estimate of drug-likeness (QED) is 0.393. The highest BCUT2D eigenvalue weighted by molar-refractivity contribution is 5.95. The van der Waals surface area contributed by atoms with E-state index in [9.17, 15) is 32.3 Å². The maximum Gasteiger partial charge on any atom is 0.471 e. The van der Waals surface area contributed by atoms with Gasteiger partial charge in [0.05, 0.1) is 0 Å². The first-order chi connectivity index (χ1) is 19.3. The number of nitrogens with zero attached hydrogens (tertiary/aromatic N) is 1. The van der Waals surface area contributed by atoms with Crippen LogP contribution in [0.15, 0.2) is 23.0 Å². The molecule has 0 spiro atoms. The molecule has 2 fully saturated rings. The van der Waals surface area contributed by atoms with Crippen molar-refractivity contribution in [2.75, 3.05) is 13.1 Å². The van der Waals surface area contributed by atoms with E-state index in [0.717, 1.165) is 16.5 Å². The van der Waals surface area contributed by atoms with Gasteiger partial charge in [-0.05, 0) is 77.6 Å². The van der Waals surface area contributed by atoms with Crippen molar-refractivity contribution in [2.45, 2.75) is 79.2 Å². The highest BCUT2D eigenvalue weighted by Crippen LogP contribution is 2.65. The molecule has 1 aliphatic heterocycles. The third-order valence-corrected chi connectivity index (χ3v) is 9.04. The summed E-state index contributed by atoms with van der Waals surface area (Å²) in [6.07, 6.45) is -5.02. The zero-order chi connectivity index (χ0) is 31.5. The summed E-state index contributed by atoms with van der Waals surface area (Å²) in [6, 6.07) is 2.55. The molecule has 5 atom stereocenters. The minimum atomic E-state index is -5.16. The van der Waals surface area contributed by atoms with Gasteiger partial charge in [-0.15, -0.1) is 0 Å². The number of benzene rings is 1. The summed E-state index contributed by atoms with van der Waals surface area (Å²) in [4.78, 5) is 56.3. The van der Waals surface area contributed by atoms with Gasteiger partial charge in [0.15, 0.2) is 0 Å². The number of H-pyrrole nitrogens is 1. The summed E-state index contributed by atoms with van der Waals surface area (Å²) in [5.74, 6) is -3.69. The molecule has 2 heterocycles. The Morgan fingerprint density at radius 2 is 1.71 bits per heavy atom. The molecule has 0 radical (unpaired) electrons. The predicted octanol–water partition coefficient (Wildman–Crippen LogP) is 2.71. The number of piperidine rings is 1. The number of pyridine rings is 1. The van der Waals surface area contributed by atoms with Gasteiger partial charge < -0.3 is 26.3 Å². The second-order valence-electron chi connectivity index (χ2n) is 13.5. The van der Waals surface area contributed by atoms with Crippen molar-refractivity contribution in [2.24, 2.45) is 28.4 Å². The number of hydrogen-bond acceptors (Lipinski definition) is 5. The van der Waals surface area contributed by atoms with Crippen LogP contribution in [0, 0.1) is 36.5 Å². The average Bonchev–Trinajstić information content (AvgIpc) is 3.20. The third-order valence-electron chi connectivity index (χ3n) is 9.04. The van der Waals surface area contributed by atoms with Gasteiger partial charge in [-0.25, -0.2) is 0 Å². The Hall–Kier alpha value is -3.41. The van der Waals surface area contributed by atoms with Crippen LogP contribution in [0.2, 0.25) is 0 Å². The Balaban J connectivity index is 1.57. The normalized spacial score (nSPS) is 22.8. The van der Waals surface area contributed by atoms with Gasteiger partial charge in [-0.2, -0.15) is 13.2 Å². The van der Waals surface area contributed by atoms with Gasteiger partial charge in [0, 0.05) is 30.2 Å². The van der Waals surface area contributed by atoms with E-state index in [-0.39, 0.29) is 42.3 Å². The van der Waals surface area contributed by atoms with Crippen LogP contribution in [-0.4, -0.2) is 65.0 Å². The van der Waals surface area contributed by atoms with Gasteiger partial charge in [-0.3, -0.25) is 19.2 Å². The molecule has 1 saturated heterocycles. The number of hydrogen-bond donors (Lipinski definition) is 4. The Bertz CT molecular complexity index is 1480. The number of carbonyl (C=O) groups is 3. The van der Waals surface area contributed by atoms with E-state index in [4.69, 9.17) is 5.73 Å². The maximum atomic E-state index is 13.8. The SMILES string of the molecule is Cc1cc2cc(CC(CN)NC(=O)[C@@H]3[C@@H]4[C@H](CN3C(=O)[C@@H](NC(=O)C(F)(F)F)C(C)(C)C)C4(C)C)c(=O)[nH]c2cc1C. The monoisotopic (exact) mass is 591 g/mol. The van der Waals surface area contributed by atoms with Crippen molar-refractivity contribution in [3.63, 3.8) is 0 Å². The highest BCUT2D eigenvalue weighted by atomic mass is 19.4. The van der Waals surface area contributed by atoms with E-state index >= 15 is 0 Å². The van der Waals surface area contributed by atoms with E-state index in [1.54, 1.807) is 26.8 Å². The molecule has 230 valence electrons. The van der Waals surface area contributed by atoms with Crippen LogP contribution in [0.25, 0.3) is 10.9 Å². The number of fused-ring (bicyclic) bond motifs is 2. The topological polar surface area (TPSA) is 137 Å². The van der Waals surface area contributed by atoms with Crippen LogP contribution >= 0.6 is 0 Å². The van der Waals surface area contributed by atoms with Crippen LogP contribution in [0.3, 0.4) is 0 Å². The summed E-state index contributed by atoms with van der Waals surface area (Å²) in [5, 5.41) is 5.59. The molecular formula is C30H40F3N5O4. The smallest absolute Gasteiger partial charge is 0.350 e. The van der Waals surface area contributed by atoms with E-state index < -0.39 is 47.4 Å². The molecule has 1 saturated carbocycles. The van der Waals surface area contributed by atoms with E-state index in [1.165, 1.54) is 4.90 Å². The van der Waals surface area contributed by atoms with Crippen molar-refractivity contribution in [3.05, 3.63) is 45.2 Å². The van der Waals surface area contributed by atoms with Gasteiger partial charge in [0.2, 0.25) is 11.8 Å². The number of amides is 3. The number of carbonyl (C=O) groups excluding carboxylic acids is 3. The van der Waals surface area contributed by atoms with E-state index in [0.29, 0.717) is 11.1 Å². The molecular weight excluding hydrogens is 551 g/mol. The summed E-state index contributed by atoms with van der Waals surface area (Å²) in [7, 11) is 0. The number of nitrogens with one attached hydrogen (secondary N) is 3. The standard InChI is InChI=1S/C30H40F3N5O4/c1-14-8-16-10-17(24(39)36-20(16)9-15(14)2)11-18(12-34)35-25(40)22-21-19(29(21,6)7)13-38(22)26(41)23(28(3,4)5)37-27(42)30(31,32)33/h8-10,18-19,21-23H,11-13,34H2,1-7H3,(H,35,40)(H,36,39)(H,37,42)/t18?,19-,21-,22-,23+/m0/s1. The highest BCUT2D eigenvalue weighted by Gasteiger charge is 2.70. The van der Waals surface area contributed by atoms with Crippen molar-refractivity contribution in [1.82, 2.24) is 20.5 Å².